The Labute approximate surface area is 95.8 Å². The normalized spacial score (nSPS) is 26.8. The van der Waals surface area contributed by atoms with Gasteiger partial charge in [0.1, 0.15) is 6.04 Å². The number of aliphatic carboxylic acids is 1. The molecule has 3 atom stereocenters. The molecular formula is C11H20N2O3. The number of carboxylic acids is 1. The number of carbonyl (C=O) groups excluding carboxylic acids is 1. The van der Waals surface area contributed by atoms with E-state index in [1.54, 1.807) is 7.05 Å². The summed E-state index contributed by atoms with van der Waals surface area (Å²) in [5.41, 5.74) is 0. The minimum absolute atomic E-state index is 0.0447. The lowest BCUT2D eigenvalue weighted by Gasteiger charge is -2.26. The Balaban J connectivity index is 2.72. The van der Waals surface area contributed by atoms with Gasteiger partial charge in [0, 0.05) is 19.0 Å². The van der Waals surface area contributed by atoms with Crippen molar-refractivity contribution in [3.05, 3.63) is 0 Å². The first-order chi connectivity index (χ1) is 7.49. The van der Waals surface area contributed by atoms with Crippen LogP contribution in [0.15, 0.2) is 0 Å². The summed E-state index contributed by atoms with van der Waals surface area (Å²) < 4.78 is 0. The Bertz CT molecular complexity index is 280. The van der Waals surface area contributed by atoms with Crippen molar-refractivity contribution in [1.29, 1.82) is 0 Å². The lowest BCUT2D eigenvalue weighted by atomic mass is 10.0. The van der Waals surface area contributed by atoms with Crippen LogP contribution in [-0.2, 0) is 9.59 Å². The molecule has 0 radical (unpaired) electrons. The van der Waals surface area contributed by atoms with Crippen molar-refractivity contribution in [2.45, 2.75) is 26.3 Å². The summed E-state index contributed by atoms with van der Waals surface area (Å²) in [6.07, 6.45) is 0.773. The number of rotatable bonds is 4. The van der Waals surface area contributed by atoms with Gasteiger partial charge in [-0.15, -0.1) is 0 Å². The zero-order chi connectivity index (χ0) is 12.3. The second-order valence-corrected chi connectivity index (χ2v) is 4.54. The standard InChI is InChI=1S/C11H20N2O3/c1-7-4-5-13(9(7)11(15)16)10(14)8(2)6-12-3/h7-9,12H,4-6H2,1-3H3,(H,15,16). The Morgan fingerprint density at radius 3 is 2.69 bits per heavy atom. The molecule has 1 aliphatic heterocycles. The predicted molar refractivity (Wildman–Crippen MR) is 60.0 cm³/mol. The molecule has 1 saturated heterocycles. The maximum atomic E-state index is 12.0. The molecule has 2 N–H and O–H groups in total. The highest BCUT2D eigenvalue weighted by Gasteiger charge is 2.40. The summed E-state index contributed by atoms with van der Waals surface area (Å²) in [5.74, 6) is -1.08. The van der Waals surface area contributed by atoms with E-state index >= 15 is 0 Å². The maximum absolute atomic E-state index is 12.0. The largest absolute Gasteiger partial charge is 0.480 e. The summed E-state index contributed by atoms with van der Waals surface area (Å²) in [7, 11) is 1.78. The summed E-state index contributed by atoms with van der Waals surface area (Å²) in [4.78, 5) is 24.6. The third kappa shape index (κ3) is 2.52. The third-order valence-electron chi connectivity index (χ3n) is 3.17. The van der Waals surface area contributed by atoms with Gasteiger partial charge in [-0.25, -0.2) is 4.79 Å². The van der Waals surface area contributed by atoms with Crippen molar-refractivity contribution in [1.82, 2.24) is 10.2 Å². The molecule has 0 spiro atoms. The molecule has 16 heavy (non-hydrogen) atoms. The van der Waals surface area contributed by atoms with Crippen LogP contribution in [0.2, 0.25) is 0 Å². The second kappa shape index (κ2) is 5.30. The SMILES string of the molecule is CNCC(C)C(=O)N1CCC(C)C1C(=O)O. The van der Waals surface area contributed by atoms with Gasteiger partial charge >= 0.3 is 5.97 Å². The van der Waals surface area contributed by atoms with Crippen molar-refractivity contribution < 1.29 is 14.7 Å². The summed E-state index contributed by atoms with van der Waals surface area (Å²) in [5, 5.41) is 12.0. The Morgan fingerprint density at radius 2 is 2.19 bits per heavy atom. The molecule has 0 aliphatic carbocycles. The average Bonchev–Trinajstić information content (AvgIpc) is 2.59. The first-order valence-corrected chi connectivity index (χ1v) is 5.67. The van der Waals surface area contributed by atoms with Crippen LogP contribution in [0.3, 0.4) is 0 Å². The molecule has 92 valence electrons. The zero-order valence-electron chi connectivity index (χ0n) is 10.1. The molecule has 0 aromatic rings. The highest BCUT2D eigenvalue weighted by Crippen LogP contribution is 2.25. The first-order valence-electron chi connectivity index (χ1n) is 5.67. The lowest BCUT2D eigenvalue weighted by molar-refractivity contribution is -0.150. The number of likely N-dealkylation sites (tertiary alicyclic amines) is 1. The van der Waals surface area contributed by atoms with Gasteiger partial charge in [-0.05, 0) is 19.4 Å². The van der Waals surface area contributed by atoms with E-state index in [-0.39, 0.29) is 17.7 Å². The molecule has 1 fully saturated rings. The van der Waals surface area contributed by atoms with Gasteiger partial charge in [0.2, 0.25) is 5.91 Å². The highest BCUT2D eigenvalue weighted by molar-refractivity contribution is 5.85. The van der Waals surface area contributed by atoms with Crippen molar-refractivity contribution in [2.24, 2.45) is 11.8 Å². The van der Waals surface area contributed by atoms with Crippen molar-refractivity contribution in [2.75, 3.05) is 20.1 Å². The fourth-order valence-corrected chi connectivity index (χ4v) is 2.25. The Hall–Kier alpha value is -1.10. The highest BCUT2D eigenvalue weighted by atomic mass is 16.4. The van der Waals surface area contributed by atoms with Gasteiger partial charge in [-0.2, -0.15) is 0 Å². The molecule has 1 amide bonds. The van der Waals surface area contributed by atoms with E-state index in [1.165, 1.54) is 4.90 Å². The second-order valence-electron chi connectivity index (χ2n) is 4.54. The smallest absolute Gasteiger partial charge is 0.326 e. The van der Waals surface area contributed by atoms with Gasteiger partial charge < -0.3 is 15.3 Å². The molecule has 0 saturated carbocycles. The molecular weight excluding hydrogens is 208 g/mol. The fourth-order valence-electron chi connectivity index (χ4n) is 2.25. The molecule has 1 rings (SSSR count). The van der Waals surface area contributed by atoms with Gasteiger partial charge in [-0.1, -0.05) is 13.8 Å². The Morgan fingerprint density at radius 1 is 1.56 bits per heavy atom. The molecule has 5 nitrogen and oxygen atoms in total. The first kappa shape index (κ1) is 13.0. The van der Waals surface area contributed by atoms with Crippen LogP contribution < -0.4 is 5.32 Å². The zero-order valence-corrected chi connectivity index (χ0v) is 10.1. The van der Waals surface area contributed by atoms with Crippen molar-refractivity contribution >= 4 is 11.9 Å². The van der Waals surface area contributed by atoms with Crippen molar-refractivity contribution in [3.8, 4) is 0 Å². The predicted octanol–water partition coefficient (Wildman–Crippen LogP) is 0.164. The van der Waals surface area contributed by atoms with Crippen LogP contribution in [0, 0.1) is 11.8 Å². The van der Waals surface area contributed by atoms with E-state index in [9.17, 15) is 9.59 Å². The lowest BCUT2D eigenvalue weighted by Crippen LogP contribution is -2.46. The van der Waals surface area contributed by atoms with Crippen LogP contribution in [0.25, 0.3) is 0 Å². The molecule has 0 bridgehead atoms. The molecule has 1 aliphatic rings. The Kier molecular flexibility index (Phi) is 4.29. The van der Waals surface area contributed by atoms with E-state index < -0.39 is 12.0 Å². The quantitative estimate of drug-likeness (QED) is 0.719. The van der Waals surface area contributed by atoms with Crippen LogP contribution in [-0.4, -0.2) is 48.1 Å². The summed E-state index contributed by atoms with van der Waals surface area (Å²) in [6.45, 7) is 4.84. The molecule has 0 aromatic heterocycles. The van der Waals surface area contributed by atoms with E-state index in [4.69, 9.17) is 5.11 Å². The number of nitrogens with one attached hydrogen (secondary N) is 1. The maximum Gasteiger partial charge on any atom is 0.326 e. The number of hydrogen-bond donors (Lipinski definition) is 2. The third-order valence-corrected chi connectivity index (χ3v) is 3.17. The minimum atomic E-state index is -0.894. The summed E-state index contributed by atoms with van der Waals surface area (Å²) >= 11 is 0. The van der Waals surface area contributed by atoms with Gasteiger partial charge in [0.15, 0.2) is 0 Å². The number of amides is 1. The topological polar surface area (TPSA) is 69.6 Å². The molecule has 1 heterocycles. The van der Waals surface area contributed by atoms with Gasteiger partial charge in [0.25, 0.3) is 0 Å². The van der Waals surface area contributed by atoms with E-state index in [2.05, 4.69) is 5.32 Å². The molecule has 3 unspecified atom stereocenters. The number of carbonyl (C=O) groups is 2. The number of carboxylic acid groups (broad SMARTS) is 1. The number of nitrogens with zero attached hydrogens (tertiary/aromatic N) is 1. The summed E-state index contributed by atoms with van der Waals surface area (Å²) in [6, 6.07) is -0.646. The van der Waals surface area contributed by atoms with Gasteiger partial charge in [-0.3, -0.25) is 4.79 Å². The van der Waals surface area contributed by atoms with E-state index in [1.807, 2.05) is 13.8 Å². The number of hydrogen-bond acceptors (Lipinski definition) is 3. The van der Waals surface area contributed by atoms with Crippen LogP contribution in [0.4, 0.5) is 0 Å². The monoisotopic (exact) mass is 228 g/mol. The van der Waals surface area contributed by atoms with Crippen molar-refractivity contribution in [3.63, 3.8) is 0 Å². The molecule has 0 aromatic carbocycles. The fraction of sp³-hybridized carbons (Fsp3) is 0.818. The van der Waals surface area contributed by atoms with Crippen LogP contribution in [0.5, 0.6) is 0 Å². The van der Waals surface area contributed by atoms with Gasteiger partial charge in [0.05, 0.1) is 0 Å². The van der Waals surface area contributed by atoms with Crippen LogP contribution in [0.1, 0.15) is 20.3 Å². The van der Waals surface area contributed by atoms with E-state index in [0.29, 0.717) is 13.1 Å². The minimum Gasteiger partial charge on any atom is -0.480 e. The van der Waals surface area contributed by atoms with Crippen LogP contribution >= 0.6 is 0 Å². The molecule has 5 heteroatoms. The average molecular weight is 228 g/mol. The van der Waals surface area contributed by atoms with E-state index in [0.717, 1.165) is 6.42 Å².